The van der Waals surface area contributed by atoms with Crippen molar-refractivity contribution in [2.45, 2.75) is 32.7 Å². The summed E-state index contributed by atoms with van der Waals surface area (Å²) in [5.41, 5.74) is 5.70. The third-order valence-corrected chi connectivity index (χ3v) is 1.82. The summed E-state index contributed by atoms with van der Waals surface area (Å²) in [6, 6.07) is 3.80. The van der Waals surface area contributed by atoms with Crippen LogP contribution in [-0.2, 0) is 0 Å². The van der Waals surface area contributed by atoms with Crippen LogP contribution in [0.25, 0.3) is 0 Å². The molecule has 72 valence electrons. The van der Waals surface area contributed by atoms with E-state index < -0.39 is 0 Å². The van der Waals surface area contributed by atoms with E-state index in [1.165, 1.54) is 0 Å². The van der Waals surface area contributed by atoms with Gasteiger partial charge in [-0.15, -0.1) is 0 Å². The molecule has 0 saturated carbocycles. The van der Waals surface area contributed by atoms with E-state index >= 15 is 0 Å². The van der Waals surface area contributed by atoms with Gasteiger partial charge < -0.3 is 10.2 Å². The largest absolute Gasteiger partial charge is 0.467 e. The van der Waals surface area contributed by atoms with Crippen LogP contribution in [0, 0.1) is 0 Å². The Morgan fingerprint density at radius 1 is 1.69 bits per heavy atom. The smallest absolute Gasteiger partial charge is 0.128 e. The molecule has 0 aliphatic heterocycles. The number of furan rings is 1. The van der Waals surface area contributed by atoms with Gasteiger partial charge in [-0.25, -0.2) is 0 Å². The summed E-state index contributed by atoms with van der Waals surface area (Å²) in [5.74, 6) is 1.56. The summed E-state index contributed by atoms with van der Waals surface area (Å²) in [4.78, 5) is 4.31. The summed E-state index contributed by atoms with van der Waals surface area (Å²) < 4.78 is 5.21. The van der Waals surface area contributed by atoms with Gasteiger partial charge in [-0.05, 0) is 25.5 Å². The first-order chi connectivity index (χ1) is 6.24. The molecule has 1 atom stereocenters. The predicted molar refractivity (Wildman–Crippen MR) is 53.7 cm³/mol. The Labute approximate surface area is 78.7 Å². The lowest BCUT2D eigenvalue weighted by atomic mass is 10.2. The second-order valence-electron chi connectivity index (χ2n) is 3.06. The van der Waals surface area contributed by atoms with Crippen molar-refractivity contribution in [3.05, 3.63) is 24.2 Å². The molecule has 1 aromatic rings. The first-order valence-electron chi connectivity index (χ1n) is 4.59. The molecule has 0 saturated heterocycles. The molecule has 13 heavy (non-hydrogen) atoms. The van der Waals surface area contributed by atoms with Crippen LogP contribution in [0.5, 0.6) is 0 Å². The van der Waals surface area contributed by atoms with Crippen LogP contribution in [-0.4, -0.2) is 5.84 Å². The summed E-state index contributed by atoms with van der Waals surface area (Å²) in [6.07, 6.45) is 3.53. The van der Waals surface area contributed by atoms with Crippen molar-refractivity contribution in [3.63, 3.8) is 0 Å². The van der Waals surface area contributed by atoms with Crippen LogP contribution in [0.3, 0.4) is 0 Å². The highest BCUT2D eigenvalue weighted by Crippen LogP contribution is 2.16. The Kier molecular flexibility index (Phi) is 3.55. The SMILES string of the molecule is CCCC(N)=NC(C)c1ccco1. The number of amidine groups is 1. The second-order valence-corrected chi connectivity index (χ2v) is 3.06. The number of aliphatic imine (C=N–C) groups is 1. The Balaban J connectivity index is 2.59. The third kappa shape index (κ3) is 2.93. The molecule has 0 radical (unpaired) electrons. The van der Waals surface area contributed by atoms with Gasteiger partial charge in [0.2, 0.25) is 0 Å². The molecule has 0 aliphatic rings. The van der Waals surface area contributed by atoms with Gasteiger partial charge in [-0.1, -0.05) is 6.92 Å². The average molecular weight is 180 g/mol. The van der Waals surface area contributed by atoms with Gasteiger partial charge in [0.15, 0.2) is 0 Å². The minimum atomic E-state index is 0.0292. The Bertz CT molecular complexity index is 264. The van der Waals surface area contributed by atoms with E-state index in [-0.39, 0.29) is 6.04 Å². The lowest BCUT2D eigenvalue weighted by molar-refractivity contribution is 0.480. The van der Waals surface area contributed by atoms with Crippen LogP contribution >= 0.6 is 0 Å². The number of hydrogen-bond acceptors (Lipinski definition) is 2. The lowest BCUT2D eigenvalue weighted by Crippen LogP contribution is -2.12. The number of rotatable bonds is 4. The monoisotopic (exact) mass is 180 g/mol. The highest BCUT2D eigenvalue weighted by atomic mass is 16.3. The van der Waals surface area contributed by atoms with Crippen LogP contribution in [0.2, 0.25) is 0 Å². The van der Waals surface area contributed by atoms with Gasteiger partial charge in [0.1, 0.15) is 11.8 Å². The normalized spacial score (nSPS) is 14.5. The van der Waals surface area contributed by atoms with Gasteiger partial charge in [0, 0.05) is 6.42 Å². The molecule has 0 aliphatic carbocycles. The maximum atomic E-state index is 5.70. The maximum absolute atomic E-state index is 5.70. The quantitative estimate of drug-likeness (QED) is 0.571. The van der Waals surface area contributed by atoms with Gasteiger partial charge in [0.05, 0.1) is 12.1 Å². The fourth-order valence-corrected chi connectivity index (χ4v) is 1.16. The summed E-state index contributed by atoms with van der Waals surface area (Å²) in [5, 5.41) is 0. The van der Waals surface area contributed by atoms with Crippen LogP contribution < -0.4 is 5.73 Å². The van der Waals surface area contributed by atoms with E-state index in [0.29, 0.717) is 5.84 Å². The summed E-state index contributed by atoms with van der Waals surface area (Å²) in [6.45, 7) is 4.06. The third-order valence-electron chi connectivity index (χ3n) is 1.82. The second kappa shape index (κ2) is 4.70. The molecule has 0 bridgehead atoms. The highest BCUT2D eigenvalue weighted by Gasteiger charge is 2.05. The van der Waals surface area contributed by atoms with Gasteiger partial charge in [0.25, 0.3) is 0 Å². The Morgan fingerprint density at radius 3 is 3.00 bits per heavy atom. The van der Waals surface area contributed by atoms with Crippen molar-refractivity contribution in [2.24, 2.45) is 10.7 Å². The summed E-state index contributed by atoms with van der Waals surface area (Å²) >= 11 is 0. The molecule has 1 unspecified atom stereocenters. The minimum Gasteiger partial charge on any atom is -0.467 e. The molecule has 1 aromatic heterocycles. The standard InChI is InChI=1S/C10H16N2O/c1-3-5-10(11)12-8(2)9-6-4-7-13-9/h4,6-8H,3,5H2,1-2H3,(H2,11,12). The van der Waals surface area contributed by atoms with E-state index in [0.717, 1.165) is 18.6 Å². The molecule has 0 spiro atoms. The van der Waals surface area contributed by atoms with E-state index in [9.17, 15) is 0 Å². The molecule has 0 fully saturated rings. The average Bonchev–Trinajstić information content (AvgIpc) is 2.55. The zero-order valence-corrected chi connectivity index (χ0v) is 8.16. The highest BCUT2D eigenvalue weighted by molar-refractivity contribution is 5.80. The molecule has 3 heteroatoms. The molecule has 1 heterocycles. The van der Waals surface area contributed by atoms with Crippen molar-refractivity contribution in [1.82, 2.24) is 0 Å². The topological polar surface area (TPSA) is 51.5 Å². The fourth-order valence-electron chi connectivity index (χ4n) is 1.16. The Morgan fingerprint density at radius 2 is 2.46 bits per heavy atom. The zero-order chi connectivity index (χ0) is 9.68. The number of hydrogen-bond donors (Lipinski definition) is 1. The van der Waals surface area contributed by atoms with Crippen molar-refractivity contribution in [2.75, 3.05) is 0 Å². The first-order valence-corrected chi connectivity index (χ1v) is 4.59. The minimum absolute atomic E-state index is 0.0292. The van der Waals surface area contributed by atoms with Crippen LogP contribution in [0.15, 0.2) is 27.8 Å². The molecule has 0 amide bonds. The van der Waals surface area contributed by atoms with E-state index in [1.807, 2.05) is 19.1 Å². The van der Waals surface area contributed by atoms with E-state index in [4.69, 9.17) is 10.2 Å². The molecule has 2 N–H and O–H groups in total. The van der Waals surface area contributed by atoms with Gasteiger partial charge in [-0.3, -0.25) is 4.99 Å². The zero-order valence-electron chi connectivity index (χ0n) is 8.16. The van der Waals surface area contributed by atoms with Crippen molar-refractivity contribution >= 4 is 5.84 Å². The summed E-state index contributed by atoms with van der Waals surface area (Å²) in [7, 11) is 0. The number of nitrogens with zero attached hydrogens (tertiary/aromatic N) is 1. The predicted octanol–water partition coefficient (Wildman–Crippen LogP) is 2.50. The lowest BCUT2D eigenvalue weighted by Gasteiger charge is -2.04. The van der Waals surface area contributed by atoms with Crippen molar-refractivity contribution < 1.29 is 4.42 Å². The first kappa shape index (κ1) is 9.84. The Hall–Kier alpha value is -1.25. The van der Waals surface area contributed by atoms with E-state index in [1.54, 1.807) is 6.26 Å². The molecular weight excluding hydrogens is 164 g/mol. The number of nitrogens with two attached hydrogens (primary N) is 1. The van der Waals surface area contributed by atoms with Crippen molar-refractivity contribution in [3.8, 4) is 0 Å². The van der Waals surface area contributed by atoms with Gasteiger partial charge in [-0.2, -0.15) is 0 Å². The van der Waals surface area contributed by atoms with Crippen LogP contribution in [0.4, 0.5) is 0 Å². The van der Waals surface area contributed by atoms with Crippen LogP contribution in [0.1, 0.15) is 38.5 Å². The van der Waals surface area contributed by atoms with E-state index in [2.05, 4.69) is 11.9 Å². The molecule has 0 aromatic carbocycles. The van der Waals surface area contributed by atoms with Crippen molar-refractivity contribution in [1.29, 1.82) is 0 Å². The molecular formula is C10H16N2O. The fraction of sp³-hybridized carbons (Fsp3) is 0.500. The molecule has 1 rings (SSSR count). The van der Waals surface area contributed by atoms with Gasteiger partial charge >= 0.3 is 0 Å². The molecule has 3 nitrogen and oxygen atoms in total. The maximum Gasteiger partial charge on any atom is 0.128 e.